The normalized spacial score (nSPS) is 19.9. The largest absolute Gasteiger partial charge is 0.327 e. The minimum Gasteiger partial charge on any atom is -0.327 e. The van der Waals surface area contributed by atoms with E-state index in [-0.39, 0.29) is 6.04 Å². The summed E-state index contributed by atoms with van der Waals surface area (Å²) < 4.78 is 12.3. The molecule has 1 aromatic rings. The van der Waals surface area contributed by atoms with Gasteiger partial charge in [-0.2, -0.15) is 0 Å². The zero-order valence-corrected chi connectivity index (χ0v) is 12.1. The molecule has 1 fully saturated rings. The first-order valence-electron chi connectivity index (χ1n) is 6.79. The van der Waals surface area contributed by atoms with Crippen LogP contribution in [0.15, 0.2) is 23.1 Å². The van der Waals surface area contributed by atoms with E-state index in [4.69, 9.17) is 5.73 Å². The van der Waals surface area contributed by atoms with Gasteiger partial charge in [-0.25, -0.2) is 0 Å². The third-order valence-electron chi connectivity index (χ3n) is 4.09. The Hall–Kier alpha value is -0.670. The van der Waals surface area contributed by atoms with Gasteiger partial charge in [0.1, 0.15) is 0 Å². The van der Waals surface area contributed by atoms with Gasteiger partial charge < -0.3 is 5.73 Å². The smallest absolute Gasteiger partial charge is 0.0545 e. The molecule has 100 valence electrons. The van der Waals surface area contributed by atoms with Crippen LogP contribution in [0.4, 0.5) is 0 Å². The van der Waals surface area contributed by atoms with E-state index < -0.39 is 10.8 Å². The minimum absolute atomic E-state index is 0.0925. The molecule has 0 aliphatic heterocycles. The predicted octanol–water partition coefficient (Wildman–Crippen LogP) is 2.93. The molecule has 0 spiro atoms. The minimum atomic E-state index is -0.953. The summed E-state index contributed by atoms with van der Waals surface area (Å²) in [5.41, 5.74) is 8.64. The van der Waals surface area contributed by atoms with Crippen molar-refractivity contribution in [2.75, 3.05) is 5.75 Å². The van der Waals surface area contributed by atoms with E-state index in [1.165, 1.54) is 36.8 Å². The van der Waals surface area contributed by atoms with E-state index in [9.17, 15) is 4.21 Å². The van der Waals surface area contributed by atoms with Crippen molar-refractivity contribution in [3.63, 3.8) is 0 Å². The van der Waals surface area contributed by atoms with Crippen LogP contribution in [-0.2, 0) is 10.8 Å². The maximum Gasteiger partial charge on any atom is 0.0545 e. The third-order valence-corrected chi connectivity index (χ3v) is 5.56. The van der Waals surface area contributed by atoms with Crippen molar-refractivity contribution in [1.82, 2.24) is 0 Å². The van der Waals surface area contributed by atoms with Crippen LogP contribution < -0.4 is 5.73 Å². The summed E-state index contributed by atoms with van der Waals surface area (Å²) in [7, 11) is -0.953. The summed E-state index contributed by atoms with van der Waals surface area (Å²) in [6, 6.07) is 6.14. The summed E-state index contributed by atoms with van der Waals surface area (Å²) >= 11 is 0. The molecule has 1 aliphatic carbocycles. The molecule has 0 heterocycles. The molecular weight excluding hydrogens is 242 g/mol. The first-order chi connectivity index (χ1) is 8.58. The average molecular weight is 265 g/mol. The van der Waals surface area contributed by atoms with Crippen molar-refractivity contribution in [3.05, 3.63) is 29.3 Å². The van der Waals surface area contributed by atoms with Crippen molar-refractivity contribution >= 4 is 10.8 Å². The lowest BCUT2D eigenvalue weighted by molar-refractivity contribution is 0.460. The number of nitrogens with two attached hydrogens (primary N) is 1. The number of hydrogen-bond donors (Lipinski definition) is 1. The highest BCUT2D eigenvalue weighted by atomic mass is 32.2. The van der Waals surface area contributed by atoms with Crippen LogP contribution in [0.5, 0.6) is 0 Å². The Morgan fingerprint density at radius 3 is 2.56 bits per heavy atom. The second-order valence-electron chi connectivity index (χ2n) is 5.47. The molecule has 2 nitrogen and oxygen atoms in total. The zero-order valence-electron chi connectivity index (χ0n) is 11.3. The molecule has 1 aliphatic rings. The van der Waals surface area contributed by atoms with E-state index >= 15 is 0 Å². The molecule has 0 saturated heterocycles. The van der Waals surface area contributed by atoms with Crippen molar-refractivity contribution in [2.24, 2.45) is 11.7 Å². The van der Waals surface area contributed by atoms with Gasteiger partial charge >= 0.3 is 0 Å². The zero-order chi connectivity index (χ0) is 13.1. The Morgan fingerprint density at radius 1 is 1.28 bits per heavy atom. The molecular formula is C15H23NOS. The maximum absolute atomic E-state index is 12.3. The van der Waals surface area contributed by atoms with Crippen LogP contribution in [-0.4, -0.2) is 16.0 Å². The van der Waals surface area contributed by atoms with Crippen LogP contribution in [0.1, 0.15) is 36.8 Å². The number of rotatable bonds is 4. The lowest BCUT2D eigenvalue weighted by Crippen LogP contribution is -2.34. The molecule has 3 heteroatoms. The van der Waals surface area contributed by atoms with Crippen LogP contribution in [0.3, 0.4) is 0 Å². The van der Waals surface area contributed by atoms with Gasteiger partial charge in [-0.05, 0) is 55.9 Å². The monoisotopic (exact) mass is 265 g/mol. The maximum atomic E-state index is 12.3. The third kappa shape index (κ3) is 3.21. The number of aryl methyl sites for hydroxylation is 2. The van der Waals surface area contributed by atoms with E-state index in [1.54, 1.807) is 0 Å². The quantitative estimate of drug-likeness (QED) is 0.909. The van der Waals surface area contributed by atoms with Gasteiger partial charge in [0.05, 0.1) is 10.8 Å². The highest BCUT2D eigenvalue weighted by Crippen LogP contribution is 2.27. The standard InChI is InChI=1S/C15H23NOS/c1-11-7-8-14(9-12(11)2)18(17)10-15(16)13-5-3-4-6-13/h7-9,13,15H,3-6,10,16H2,1-2H3. The SMILES string of the molecule is Cc1ccc(S(=O)CC(N)C2CCCC2)cc1C. The van der Waals surface area contributed by atoms with Crippen LogP contribution >= 0.6 is 0 Å². The second-order valence-corrected chi connectivity index (χ2v) is 6.96. The summed E-state index contributed by atoms with van der Waals surface area (Å²) in [5, 5.41) is 0. The van der Waals surface area contributed by atoms with Crippen molar-refractivity contribution in [2.45, 2.75) is 50.5 Å². The second kappa shape index (κ2) is 5.98. The molecule has 18 heavy (non-hydrogen) atoms. The van der Waals surface area contributed by atoms with Gasteiger partial charge in [-0.1, -0.05) is 18.9 Å². The first-order valence-corrected chi connectivity index (χ1v) is 8.11. The van der Waals surface area contributed by atoms with Gasteiger partial charge in [0.15, 0.2) is 0 Å². The van der Waals surface area contributed by atoms with E-state index in [2.05, 4.69) is 13.8 Å². The Morgan fingerprint density at radius 2 is 1.94 bits per heavy atom. The van der Waals surface area contributed by atoms with Gasteiger partial charge in [-0.3, -0.25) is 4.21 Å². The van der Waals surface area contributed by atoms with Crippen molar-refractivity contribution in [1.29, 1.82) is 0 Å². The molecule has 2 rings (SSSR count). The van der Waals surface area contributed by atoms with Crippen molar-refractivity contribution < 1.29 is 4.21 Å². The molecule has 2 unspecified atom stereocenters. The molecule has 1 aromatic carbocycles. The topological polar surface area (TPSA) is 43.1 Å². The molecule has 0 bridgehead atoms. The van der Waals surface area contributed by atoms with Crippen LogP contribution in [0.2, 0.25) is 0 Å². The highest BCUT2D eigenvalue weighted by Gasteiger charge is 2.23. The molecule has 2 N–H and O–H groups in total. The Kier molecular flexibility index (Phi) is 4.57. The van der Waals surface area contributed by atoms with E-state index in [0.29, 0.717) is 11.7 Å². The van der Waals surface area contributed by atoms with Gasteiger partial charge in [0.2, 0.25) is 0 Å². The molecule has 0 amide bonds. The van der Waals surface area contributed by atoms with Crippen LogP contribution in [0.25, 0.3) is 0 Å². The molecule has 1 saturated carbocycles. The first kappa shape index (κ1) is 13.8. The fourth-order valence-electron chi connectivity index (χ4n) is 2.65. The summed E-state index contributed by atoms with van der Waals surface area (Å²) in [5.74, 6) is 1.19. The highest BCUT2D eigenvalue weighted by molar-refractivity contribution is 7.85. The van der Waals surface area contributed by atoms with Crippen LogP contribution in [0, 0.1) is 19.8 Å². The Labute approximate surface area is 112 Å². The lowest BCUT2D eigenvalue weighted by Gasteiger charge is -2.18. The summed E-state index contributed by atoms with van der Waals surface area (Å²) in [6.45, 7) is 4.14. The predicted molar refractivity (Wildman–Crippen MR) is 77.1 cm³/mol. The Balaban J connectivity index is 2.00. The number of benzene rings is 1. The average Bonchev–Trinajstić information content (AvgIpc) is 2.86. The molecule has 0 radical (unpaired) electrons. The van der Waals surface area contributed by atoms with E-state index in [0.717, 1.165) is 4.90 Å². The van der Waals surface area contributed by atoms with Gasteiger partial charge in [0, 0.05) is 16.7 Å². The Bertz CT molecular complexity index is 438. The summed E-state index contributed by atoms with van der Waals surface area (Å²) in [4.78, 5) is 0.923. The van der Waals surface area contributed by atoms with Crippen molar-refractivity contribution in [3.8, 4) is 0 Å². The number of hydrogen-bond acceptors (Lipinski definition) is 2. The molecule has 2 atom stereocenters. The summed E-state index contributed by atoms with van der Waals surface area (Å²) in [6.07, 6.45) is 5.00. The lowest BCUT2D eigenvalue weighted by atomic mass is 10.0. The van der Waals surface area contributed by atoms with E-state index in [1.807, 2.05) is 18.2 Å². The van der Waals surface area contributed by atoms with Gasteiger partial charge in [0.25, 0.3) is 0 Å². The fraction of sp³-hybridized carbons (Fsp3) is 0.600. The fourth-order valence-corrected chi connectivity index (χ4v) is 3.99. The molecule has 0 aromatic heterocycles. The van der Waals surface area contributed by atoms with Gasteiger partial charge in [-0.15, -0.1) is 0 Å².